The number of benzene rings is 1. The zero-order valence-electron chi connectivity index (χ0n) is 8.74. The van der Waals surface area contributed by atoms with Crippen LogP contribution in [0.2, 0.25) is 0 Å². The van der Waals surface area contributed by atoms with Crippen molar-refractivity contribution in [3.05, 3.63) is 29.1 Å². The zero-order chi connectivity index (χ0) is 12.3. The number of thiocarbonyl (C=S) groups is 1. The minimum Gasteiger partial charge on any atom is -0.496 e. The van der Waals surface area contributed by atoms with Crippen LogP contribution in [0, 0.1) is 5.82 Å². The van der Waals surface area contributed by atoms with E-state index >= 15 is 0 Å². The molecule has 0 fully saturated rings. The van der Waals surface area contributed by atoms with Gasteiger partial charge in [-0.15, -0.1) is 0 Å². The largest absolute Gasteiger partial charge is 0.496 e. The minimum absolute atomic E-state index is 0.0116. The molecule has 0 aromatic heterocycles. The molecule has 0 amide bonds. The molecule has 4 nitrogen and oxygen atoms in total. The first kappa shape index (κ1) is 12.4. The third-order valence-electron chi connectivity index (χ3n) is 1.96. The summed E-state index contributed by atoms with van der Waals surface area (Å²) in [6, 6.07) is 2.25. The summed E-state index contributed by atoms with van der Waals surface area (Å²) in [6.45, 7) is 0. The summed E-state index contributed by atoms with van der Waals surface area (Å²) < 4.78 is 22.9. The van der Waals surface area contributed by atoms with E-state index in [1.807, 2.05) is 0 Å². The SMILES string of the molecule is COC(=O)c1cc(F)c(C(N)=S)cc1OC. The lowest BCUT2D eigenvalue weighted by molar-refractivity contribution is 0.0596. The number of ether oxygens (including phenoxy) is 2. The number of carbonyl (C=O) groups excluding carboxylic acids is 1. The fourth-order valence-electron chi connectivity index (χ4n) is 1.18. The van der Waals surface area contributed by atoms with E-state index in [1.165, 1.54) is 20.3 Å². The van der Waals surface area contributed by atoms with Gasteiger partial charge in [-0.1, -0.05) is 12.2 Å². The van der Waals surface area contributed by atoms with Crippen molar-refractivity contribution in [1.82, 2.24) is 0 Å². The molecule has 0 unspecified atom stereocenters. The van der Waals surface area contributed by atoms with Crippen LogP contribution in [0.3, 0.4) is 0 Å². The molecule has 86 valence electrons. The second-order valence-electron chi connectivity index (χ2n) is 2.89. The van der Waals surface area contributed by atoms with E-state index in [2.05, 4.69) is 17.0 Å². The van der Waals surface area contributed by atoms with Crippen LogP contribution < -0.4 is 10.5 Å². The molecule has 0 saturated heterocycles. The molecule has 0 atom stereocenters. The van der Waals surface area contributed by atoms with E-state index in [1.54, 1.807) is 0 Å². The maximum atomic E-state index is 13.5. The highest BCUT2D eigenvalue weighted by Gasteiger charge is 2.17. The van der Waals surface area contributed by atoms with Crippen molar-refractivity contribution in [2.45, 2.75) is 0 Å². The molecule has 6 heteroatoms. The van der Waals surface area contributed by atoms with Gasteiger partial charge in [0.15, 0.2) is 0 Å². The number of esters is 1. The Morgan fingerprint density at radius 2 is 2.00 bits per heavy atom. The molecule has 1 aromatic carbocycles. The molecule has 0 aliphatic rings. The lowest BCUT2D eigenvalue weighted by Crippen LogP contribution is -2.14. The van der Waals surface area contributed by atoms with Crippen molar-refractivity contribution in [3.8, 4) is 5.75 Å². The van der Waals surface area contributed by atoms with Gasteiger partial charge in [-0.25, -0.2) is 9.18 Å². The van der Waals surface area contributed by atoms with Crippen LogP contribution >= 0.6 is 12.2 Å². The molecule has 0 aliphatic heterocycles. The molecular weight excluding hydrogens is 233 g/mol. The van der Waals surface area contributed by atoms with Gasteiger partial charge >= 0.3 is 5.97 Å². The first-order valence-corrected chi connectivity index (χ1v) is 4.67. The van der Waals surface area contributed by atoms with Gasteiger partial charge in [0.25, 0.3) is 0 Å². The molecule has 0 aliphatic carbocycles. The second kappa shape index (κ2) is 4.89. The van der Waals surface area contributed by atoms with Gasteiger partial charge in [-0.2, -0.15) is 0 Å². The van der Waals surface area contributed by atoms with Crippen LogP contribution in [0.4, 0.5) is 4.39 Å². The quantitative estimate of drug-likeness (QED) is 0.639. The number of hydrogen-bond acceptors (Lipinski definition) is 4. The molecule has 1 aromatic rings. The maximum absolute atomic E-state index is 13.5. The Morgan fingerprint density at radius 1 is 1.38 bits per heavy atom. The summed E-state index contributed by atoms with van der Waals surface area (Å²) in [4.78, 5) is 11.2. The van der Waals surface area contributed by atoms with E-state index in [-0.39, 0.29) is 21.9 Å². The van der Waals surface area contributed by atoms with Crippen molar-refractivity contribution >= 4 is 23.2 Å². The molecule has 16 heavy (non-hydrogen) atoms. The fraction of sp³-hybridized carbons (Fsp3) is 0.200. The minimum atomic E-state index is -0.690. The topological polar surface area (TPSA) is 61.5 Å². The second-order valence-corrected chi connectivity index (χ2v) is 3.33. The molecular formula is C10H10FNO3S. The average molecular weight is 243 g/mol. The number of hydrogen-bond donors (Lipinski definition) is 1. The summed E-state index contributed by atoms with van der Waals surface area (Å²) in [5, 5.41) is 0. The van der Waals surface area contributed by atoms with E-state index in [9.17, 15) is 9.18 Å². The monoisotopic (exact) mass is 243 g/mol. The zero-order valence-corrected chi connectivity index (χ0v) is 9.56. The van der Waals surface area contributed by atoms with E-state index in [0.29, 0.717) is 0 Å². The number of rotatable bonds is 3. The normalized spacial score (nSPS) is 9.69. The Morgan fingerprint density at radius 3 is 2.44 bits per heavy atom. The van der Waals surface area contributed by atoms with Crippen LogP contribution in [0.15, 0.2) is 12.1 Å². The number of carbonyl (C=O) groups is 1. The molecule has 1 rings (SSSR count). The van der Waals surface area contributed by atoms with Gasteiger partial charge in [0, 0.05) is 5.56 Å². The van der Waals surface area contributed by atoms with Crippen LogP contribution in [-0.4, -0.2) is 25.2 Å². The van der Waals surface area contributed by atoms with Crippen LogP contribution in [0.25, 0.3) is 0 Å². The summed E-state index contributed by atoms with van der Waals surface area (Å²) in [7, 11) is 2.55. The third kappa shape index (κ3) is 2.27. The van der Waals surface area contributed by atoms with Gasteiger partial charge in [-0.05, 0) is 12.1 Å². The van der Waals surface area contributed by atoms with Gasteiger partial charge < -0.3 is 15.2 Å². The highest BCUT2D eigenvalue weighted by molar-refractivity contribution is 7.80. The van der Waals surface area contributed by atoms with Crippen molar-refractivity contribution in [3.63, 3.8) is 0 Å². The Hall–Kier alpha value is -1.69. The van der Waals surface area contributed by atoms with E-state index in [0.717, 1.165) is 6.07 Å². The summed E-state index contributed by atoms with van der Waals surface area (Å²) in [5.74, 6) is -1.21. The molecule has 0 bridgehead atoms. The first-order chi connectivity index (χ1) is 7.51. The summed E-state index contributed by atoms with van der Waals surface area (Å²) in [6.07, 6.45) is 0. The summed E-state index contributed by atoms with van der Waals surface area (Å²) >= 11 is 4.66. The predicted octanol–water partition coefficient (Wildman–Crippen LogP) is 1.26. The first-order valence-electron chi connectivity index (χ1n) is 4.27. The molecule has 0 spiro atoms. The molecule has 0 saturated carbocycles. The van der Waals surface area contributed by atoms with Crippen LogP contribution in [0.1, 0.15) is 15.9 Å². The Labute approximate surface area is 97.1 Å². The van der Waals surface area contributed by atoms with Gasteiger partial charge in [-0.3, -0.25) is 0 Å². The maximum Gasteiger partial charge on any atom is 0.341 e. The Bertz CT molecular complexity index is 448. The Balaban J connectivity index is 3.37. The number of halogens is 1. The standard InChI is InChI=1S/C10H10FNO3S/c1-14-8-4-5(9(12)16)7(11)3-6(8)10(13)15-2/h3-4H,1-2H3,(H2,12,16). The average Bonchev–Trinajstić information content (AvgIpc) is 2.27. The molecule has 0 heterocycles. The predicted molar refractivity (Wildman–Crippen MR) is 60.2 cm³/mol. The van der Waals surface area contributed by atoms with Crippen molar-refractivity contribution in [2.75, 3.05) is 14.2 Å². The van der Waals surface area contributed by atoms with Crippen molar-refractivity contribution in [1.29, 1.82) is 0 Å². The van der Waals surface area contributed by atoms with Crippen molar-refractivity contribution in [2.24, 2.45) is 5.73 Å². The third-order valence-corrected chi connectivity index (χ3v) is 2.18. The van der Waals surface area contributed by atoms with E-state index in [4.69, 9.17) is 10.5 Å². The fourth-order valence-corrected chi connectivity index (χ4v) is 1.34. The smallest absolute Gasteiger partial charge is 0.341 e. The van der Waals surface area contributed by atoms with E-state index < -0.39 is 11.8 Å². The number of nitrogens with two attached hydrogens (primary N) is 1. The van der Waals surface area contributed by atoms with Gasteiger partial charge in [0.2, 0.25) is 0 Å². The lowest BCUT2D eigenvalue weighted by atomic mass is 10.1. The highest BCUT2D eigenvalue weighted by Crippen LogP contribution is 2.23. The molecule has 2 N–H and O–H groups in total. The summed E-state index contributed by atoms with van der Waals surface area (Å²) in [5.41, 5.74) is 5.33. The highest BCUT2D eigenvalue weighted by atomic mass is 32.1. The Kier molecular flexibility index (Phi) is 3.78. The number of methoxy groups -OCH3 is 2. The van der Waals surface area contributed by atoms with Gasteiger partial charge in [0.05, 0.1) is 14.2 Å². The van der Waals surface area contributed by atoms with Crippen LogP contribution in [0.5, 0.6) is 5.75 Å². The van der Waals surface area contributed by atoms with Crippen LogP contribution in [-0.2, 0) is 4.74 Å². The van der Waals surface area contributed by atoms with Crippen molar-refractivity contribution < 1.29 is 18.7 Å². The van der Waals surface area contributed by atoms with Gasteiger partial charge in [0.1, 0.15) is 22.1 Å². The molecule has 0 radical (unpaired) electrons. The lowest BCUT2D eigenvalue weighted by Gasteiger charge is -2.09.